The van der Waals surface area contributed by atoms with Crippen LogP contribution >= 0.6 is 0 Å². The quantitative estimate of drug-likeness (QED) is 0.811. The van der Waals surface area contributed by atoms with E-state index in [1.807, 2.05) is 24.3 Å². The summed E-state index contributed by atoms with van der Waals surface area (Å²) in [4.78, 5) is 12.4. The third-order valence-corrected chi connectivity index (χ3v) is 3.83. The Labute approximate surface area is 120 Å². The van der Waals surface area contributed by atoms with Crippen LogP contribution in [-0.2, 0) is 0 Å². The van der Waals surface area contributed by atoms with E-state index in [4.69, 9.17) is 5.73 Å². The Kier molecular flexibility index (Phi) is 4.81. The van der Waals surface area contributed by atoms with Gasteiger partial charge in [-0.3, -0.25) is 4.79 Å². The minimum atomic E-state index is -0.0612. The molecule has 3 heteroatoms. The highest BCUT2D eigenvalue weighted by atomic mass is 16.1. The maximum atomic E-state index is 12.4. The Hall–Kier alpha value is -1.79. The molecular weight excluding hydrogens is 248 g/mol. The highest BCUT2D eigenvalue weighted by Gasteiger charge is 2.28. The molecule has 1 saturated carbocycles. The zero-order valence-electron chi connectivity index (χ0n) is 12.0. The van der Waals surface area contributed by atoms with Gasteiger partial charge in [-0.15, -0.1) is 0 Å². The predicted octanol–water partition coefficient (Wildman–Crippen LogP) is 2.45. The number of nitrogens with one attached hydrogen (secondary N) is 1. The Morgan fingerprint density at radius 3 is 2.80 bits per heavy atom. The molecule has 1 aliphatic rings. The molecule has 0 unspecified atom stereocenters. The van der Waals surface area contributed by atoms with Crippen molar-refractivity contribution in [3.63, 3.8) is 0 Å². The lowest BCUT2D eigenvalue weighted by molar-refractivity contribution is 0.0882. The lowest BCUT2D eigenvalue weighted by Gasteiger charge is -2.34. The van der Waals surface area contributed by atoms with E-state index in [0.29, 0.717) is 12.1 Å². The molecule has 0 radical (unpaired) electrons. The third kappa shape index (κ3) is 3.85. The first-order valence-electron chi connectivity index (χ1n) is 7.24. The average Bonchev–Trinajstić information content (AvgIpc) is 2.45. The summed E-state index contributed by atoms with van der Waals surface area (Å²) < 4.78 is 0. The molecule has 1 amide bonds. The summed E-state index contributed by atoms with van der Waals surface area (Å²) >= 11 is 0. The first kappa shape index (κ1) is 14.6. The number of nitrogens with two attached hydrogens (primary N) is 1. The fourth-order valence-electron chi connectivity index (χ4n) is 2.69. The smallest absolute Gasteiger partial charge is 0.251 e. The molecule has 106 valence electrons. The molecule has 3 nitrogen and oxygen atoms in total. The Morgan fingerprint density at radius 1 is 1.35 bits per heavy atom. The van der Waals surface area contributed by atoms with Crippen LogP contribution in [0.4, 0.5) is 0 Å². The molecule has 0 spiro atoms. The van der Waals surface area contributed by atoms with Crippen molar-refractivity contribution in [1.29, 1.82) is 0 Å². The number of benzene rings is 1. The van der Waals surface area contributed by atoms with Crippen molar-refractivity contribution in [3.05, 3.63) is 35.4 Å². The fraction of sp³-hybridized carbons (Fsp3) is 0.471. The molecule has 0 atom stereocenters. The second-order valence-electron chi connectivity index (χ2n) is 5.66. The van der Waals surface area contributed by atoms with Gasteiger partial charge in [0.25, 0.3) is 5.91 Å². The van der Waals surface area contributed by atoms with Gasteiger partial charge in [-0.25, -0.2) is 0 Å². The summed E-state index contributed by atoms with van der Waals surface area (Å²) in [5, 5.41) is 3.18. The van der Waals surface area contributed by atoms with Crippen LogP contribution in [0.25, 0.3) is 0 Å². The van der Waals surface area contributed by atoms with Gasteiger partial charge in [0, 0.05) is 16.7 Å². The second kappa shape index (κ2) is 6.58. The highest BCUT2D eigenvalue weighted by Crippen LogP contribution is 2.27. The van der Waals surface area contributed by atoms with E-state index in [2.05, 4.69) is 24.1 Å². The van der Waals surface area contributed by atoms with Crippen molar-refractivity contribution in [1.82, 2.24) is 5.32 Å². The first-order valence-corrected chi connectivity index (χ1v) is 7.24. The predicted molar refractivity (Wildman–Crippen MR) is 81.3 cm³/mol. The molecule has 20 heavy (non-hydrogen) atoms. The van der Waals surface area contributed by atoms with Crippen LogP contribution in [0.15, 0.2) is 24.3 Å². The molecule has 2 rings (SSSR count). The van der Waals surface area contributed by atoms with Crippen LogP contribution in [0, 0.1) is 11.8 Å². The van der Waals surface area contributed by atoms with E-state index in [1.54, 1.807) is 0 Å². The van der Waals surface area contributed by atoms with E-state index < -0.39 is 0 Å². The maximum Gasteiger partial charge on any atom is 0.251 e. The monoisotopic (exact) mass is 270 g/mol. The average molecular weight is 270 g/mol. The fourth-order valence-corrected chi connectivity index (χ4v) is 2.69. The van der Waals surface area contributed by atoms with Crippen LogP contribution in [0.3, 0.4) is 0 Å². The molecule has 0 saturated heterocycles. The van der Waals surface area contributed by atoms with Gasteiger partial charge in [-0.2, -0.15) is 0 Å². The normalized spacial score (nSPS) is 16.9. The number of hydrogen-bond acceptors (Lipinski definition) is 2. The van der Waals surface area contributed by atoms with Crippen LogP contribution in [0.5, 0.6) is 0 Å². The number of carbonyl (C=O) groups excluding carboxylic acids is 1. The molecule has 0 heterocycles. The van der Waals surface area contributed by atoms with Gasteiger partial charge in [0.15, 0.2) is 0 Å². The van der Waals surface area contributed by atoms with Crippen LogP contribution < -0.4 is 11.1 Å². The Bertz CT molecular complexity index is 533. The van der Waals surface area contributed by atoms with Gasteiger partial charge in [0.2, 0.25) is 0 Å². The molecular formula is C17H22N2O. The molecule has 0 bridgehead atoms. The largest absolute Gasteiger partial charge is 0.347 e. The number of amides is 1. The molecule has 1 aromatic rings. The first-order chi connectivity index (χ1) is 9.63. The van der Waals surface area contributed by atoms with E-state index in [0.717, 1.165) is 18.4 Å². The van der Waals surface area contributed by atoms with Crippen LogP contribution in [-0.4, -0.2) is 18.0 Å². The molecule has 1 fully saturated rings. The summed E-state index contributed by atoms with van der Waals surface area (Å²) in [6, 6.07) is 7.40. The summed E-state index contributed by atoms with van der Waals surface area (Å²) in [6.45, 7) is 2.47. The minimum Gasteiger partial charge on any atom is -0.347 e. The van der Waals surface area contributed by atoms with Crippen molar-refractivity contribution >= 4 is 5.91 Å². The zero-order chi connectivity index (χ0) is 14.4. The second-order valence-corrected chi connectivity index (χ2v) is 5.66. The molecule has 0 aliphatic heterocycles. The van der Waals surface area contributed by atoms with Crippen LogP contribution in [0.1, 0.15) is 54.9 Å². The highest BCUT2D eigenvalue weighted by molar-refractivity contribution is 5.95. The summed E-state index contributed by atoms with van der Waals surface area (Å²) in [7, 11) is 0. The van der Waals surface area contributed by atoms with Crippen molar-refractivity contribution in [2.45, 2.75) is 44.6 Å². The van der Waals surface area contributed by atoms with Crippen molar-refractivity contribution in [2.24, 2.45) is 5.73 Å². The number of carbonyl (C=O) groups is 1. The molecule has 1 aliphatic carbocycles. The van der Waals surface area contributed by atoms with Crippen molar-refractivity contribution in [2.75, 3.05) is 6.54 Å². The lowest BCUT2D eigenvalue weighted by Crippen LogP contribution is -2.47. The van der Waals surface area contributed by atoms with E-state index in [1.165, 1.54) is 19.3 Å². The molecule has 0 aromatic heterocycles. The van der Waals surface area contributed by atoms with E-state index in [-0.39, 0.29) is 11.4 Å². The van der Waals surface area contributed by atoms with Gasteiger partial charge in [0.1, 0.15) is 0 Å². The van der Waals surface area contributed by atoms with Crippen LogP contribution in [0.2, 0.25) is 0 Å². The summed E-state index contributed by atoms with van der Waals surface area (Å²) in [5.74, 6) is 5.75. The number of hydrogen-bond donors (Lipinski definition) is 2. The molecule has 1 aromatic carbocycles. The number of rotatable bonds is 2. The lowest BCUT2D eigenvalue weighted by atomic mass is 9.83. The third-order valence-electron chi connectivity index (χ3n) is 3.83. The van der Waals surface area contributed by atoms with E-state index >= 15 is 0 Å². The van der Waals surface area contributed by atoms with Gasteiger partial charge in [-0.1, -0.05) is 37.2 Å². The van der Waals surface area contributed by atoms with E-state index in [9.17, 15) is 4.79 Å². The van der Waals surface area contributed by atoms with Crippen molar-refractivity contribution in [3.8, 4) is 11.8 Å². The Balaban J connectivity index is 2.08. The summed E-state index contributed by atoms with van der Waals surface area (Å²) in [6.07, 6.45) is 5.78. The standard InChI is InChI=1S/C17H22N2O/c1-17(10-3-2-4-11-17)19-16(20)15-9-5-7-14(13-15)8-6-12-18/h5,7,9,13H,2-4,10-12,18H2,1H3,(H,19,20). The Morgan fingerprint density at radius 2 is 2.10 bits per heavy atom. The minimum absolute atomic E-state index is 0.00852. The van der Waals surface area contributed by atoms with Gasteiger partial charge in [-0.05, 0) is 38.0 Å². The topological polar surface area (TPSA) is 55.1 Å². The van der Waals surface area contributed by atoms with Gasteiger partial charge < -0.3 is 11.1 Å². The molecule has 3 N–H and O–H groups in total. The SMILES string of the molecule is CC1(NC(=O)c2cccc(C#CCN)c2)CCCCC1. The van der Waals surface area contributed by atoms with Crippen molar-refractivity contribution < 1.29 is 4.79 Å². The summed E-state index contributed by atoms with van der Waals surface area (Å²) in [5.41, 5.74) is 6.80. The zero-order valence-corrected chi connectivity index (χ0v) is 12.0. The maximum absolute atomic E-state index is 12.4. The van der Waals surface area contributed by atoms with Gasteiger partial charge >= 0.3 is 0 Å². The van der Waals surface area contributed by atoms with Gasteiger partial charge in [0.05, 0.1) is 6.54 Å².